The van der Waals surface area contributed by atoms with Crippen LogP contribution in [0.25, 0.3) is 60.8 Å². The molecule has 0 N–H and O–H groups in total. The van der Waals surface area contributed by atoms with Gasteiger partial charge in [0.2, 0.25) is 0 Å². The molecule has 0 aliphatic carbocycles. The number of fused-ring (bicyclic) bond motifs is 4. The Morgan fingerprint density at radius 3 is 1.91 bits per heavy atom. The van der Waals surface area contributed by atoms with E-state index in [1.54, 1.807) is 0 Å². The fourth-order valence-corrected chi connectivity index (χ4v) is 5.84. The van der Waals surface area contributed by atoms with Gasteiger partial charge in [0.15, 0.2) is 0 Å². The van der Waals surface area contributed by atoms with Gasteiger partial charge in [-0.2, -0.15) is 0 Å². The predicted octanol–water partition coefficient (Wildman–Crippen LogP) is 10.6. The SMILES string of the molecule is CC(C)(C)c1c[c-]c(-c2nccc3ccccc23)cc1.[Ir].[c-]1ccc(-n2c3ccccc3c3ccccc32)cc1-c1ccccn1. The first-order valence-electron chi connectivity index (χ1n) is 15.3. The normalized spacial score (nSPS) is 11.2. The number of rotatable bonds is 3. The summed E-state index contributed by atoms with van der Waals surface area (Å²) in [5.74, 6) is 0. The second-order valence-corrected chi connectivity index (χ2v) is 12.2. The summed E-state index contributed by atoms with van der Waals surface area (Å²) in [6.07, 6.45) is 3.68. The smallest absolute Gasteiger partial charge is 0.0523 e. The Bertz CT molecular complexity index is 2190. The number of para-hydroxylation sites is 2. The van der Waals surface area contributed by atoms with Crippen molar-refractivity contribution in [3.05, 3.63) is 164 Å². The molecule has 1 radical (unpaired) electrons. The van der Waals surface area contributed by atoms with E-state index in [4.69, 9.17) is 0 Å². The summed E-state index contributed by atoms with van der Waals surface area (Å²) in [6, 6.07) is 52.7. The topological polar surface area (TPSA) is 30.7 Å². The maximum absolute atomic E-state index is 4.54. The van der Waals surface area contributed by atoms with Gasteiger partial charge in [0.05, 0.1) is 11.0 Å². The minimum Gasteiger partial charge on any atom is -0.327 e. The van der Waals surface area contributed by atoms with E-state index in [0.29, 0.717) is 0 Å². The van der Waals surface area contributed by atoms with Gasteiger partial charge in [-0.3, -0.25) is 0 Å². The van der Waals surface area contributed by atoms with E-state index in [9.17, 15) is 0 Å². The fourth-order valence-electron chi connectivity index (χ4n) is 5.84. The zero-order chi connectivity index (χ0) is 30.8. The van der Waals surface area contributed by atoms with E-state index in [1.807, 2.05) is 42.7 Å². The summed E-state index contributed by atoms with van der Waals surface area (Å²) in [5.41, 5.74) is 8.98. The molecule has 0 bridgehead atoms. The number of hydrogen-bond acceptors (Lipinski definition) is 2. The quantitative estimate of drug-likeness (QED) is 0.168. The molecule has 0 spiro atoms. The molecule has 0 atom stereocenters. The largest absolute Gasteiger partial charge is 0.327 e. The summed E-state index contributed by atoms with van der Waals surface area (Å²) in [5, 5.41) is 4.93. The molecule has 0 aliphatic heterocycles. The molecule has 0 aliphatic rings. The molecule has 227 valence electrons. The van der Waals surface area contributed by atoms with Gasteiger partial charge in [-0.1, -0.05) is 93.6 Å². The van der Waals surface area contributed by atoms with Crippen LogP contribution in [0.15, 0.2) is 146 Å². The first-order valence-corrected chi connectivity index (χ1v) is 15.3. The molecule has 3 nitrogen and oxygen atoms in total. The minimum atomic E-state index is 0. The average Bonchev–Trinajstić information content (AvgIpc) is 3.43. The molecule has 0 amide bonds. The van der Waals surface area contributed by atoms with E-state index in [1.165, 1.54) is 38.1 Å². The standard InChI is InChI=1S/C23H15N2.C19H18N.Ir/c1-3-13-22-19(10-1)20-11-2-4-14-23(20)25(22)18-9-7-8-17(16-18)21-12-5-6-15-24-21;1-19(2,3)16-10-8-15(9-11-16)18-17-7-5-4-6-14(17)12-13-20-18;/h1-7,9-16H;4-8,10-13H,1-3H3;/q2*-1;. The maximum atomic E-state index is 4.54. The van der Waals surface area contributed by atoms with Crippen molar-refractivity contribution >= 4 is 32.6 Å². The molecule has 0 saturated heterocycles. The molecule has 3 aromatic heterocycles. The van der Waals surface area contributed by atoms with Crippen LogP contribution >= 0.6 is 0 Å². The van der Waals surface area contributed by atoms with Gasteiger partial charge >= 0.3 is 0 Å². The Balaban J connectivity index is 0.000000162. The third-order valence-electron chi connectivity index (χ3n) is 8.17. The number of aromatic nitrogens is 3. The summed E-state index contributed by atoms with van der Waals surface area (Å²) >= 11 is 0. The second kappa shape index (κ2) is 13.2. The van der Waals surface area contributed by atoms with Crippen molar-refractivity contribution in [3.8, 4) is 28.2 Å². The van der Waals surface area contributed by atoms with Crippen molar-refractivity contribution in [1.29, 1.82) is 0 Å². The monoisotopic (exact) mass is 772 g/mol. The molecule has 0 fully saturated rings. The summed E-state index contributed by atoms with van der Waals surface area (Å²) < 4.78 is 2.31. The van der Waals surface area contributed by atoms with Gasteiger partial charge in [-0.15, -0.1) is 65.2 Å². The van der Waals surface area contributed by atoms with Crippen LogP contribution < -0.4 is 0 Å². The molecule has 8 aromatic rings. The molecule has 5 aromatic carbocycles. The van der Waals surface area contributed by atoms with Crippen molar-refractivity contribution < 1.29 is 20.1 Å². The summed E-state index contributed by atoms with van der Waals surface area (Å²) in [4.78, 5) is 8.99. The minimum absolute atomic E-state index is 0. The summed E-state index contributed by atoms with van der Waals surface area (Å²) in [6.45, 7) is 6.64. The number of hydrogen-bond donors (Lipinski definition) is 0. The van der Waals surface area contributed by atoms with E-state index < -0.39 is 0 Å². The summed E-state index contributed by atoms with van der Waals surface area (Å²) in [7, 11) is 0. The van der Waals surface area contributed by atoms with Crippen LogP contribution in [0, 0.1) is 12.1 Å². The Morgan fingerprint density at radius 2 is 1.26 bits per heavy atom. The third kappa shape index (κ3) is 6.15. The van der Waals surface area contributed by atoms with Gasteiger partial charge in [0, 0.05) is 43.3 Å². The van der Waals surface area contributed by atoms with E-state index >= 15 is 0 Å². The molecule has 8 rings (SSSR count). The van der Waals surface area contributed by atoms with Gasteiger partial charge in [0.1, 0.15) is 0 Å². The van der Waals surface area contributed by atoms with E-state index in [0.717, 1.165) is 28.2 Å². The van der Waals surface area contributed by atoms with Crippen molar-refractivity contribution in [2.24, 2.45) is 0 Å². The van der Waals surface area contributed by atoms with Gasteiger partial charge in [0.25, 0.3) is 0 Å². The van der Waals surface area contributed by atoms with Crippen LogP contribution in [0.5, 0.6) is 0 Å². The Kier molecular flexibility index (Phi) is 8.94. The van der Waals surface area contributed by atoms with Crippen LogP contribution in [0.1, 0.15) is 26.3 Å². The first-order chi connectivity index (χ1) is 22.0. The molecule has 0 unspecified atom stereocenters. The van der Waals surface area contributed by atoms with E-state index in [2.05, 4.69) is 151 Å². The molecule has 3 heterocycles. The maximum Gasteiger partial charge on any atom is 0.0523 e. The van der Waals surface area contributed by atoms with Gasteiger partial charge < -0.3 is 14.5 Å². The Morgan fingerprint density at radius 1 is 0.587 bits per heavy atom. The Hall–Kier alpha value is -4.89. The molecule has 4 heteroatoms. The molecular formula is C42H33IrN3-2. The zero-order valence-electron chi connectivity index (χ0n) is 26.0. The molecule has 46 heavy (non-hydrogen) atoms. The number of pyridine rings is 2. The second-order valence-electron chi connectivity index (χ2n) is 12.2. The van der Waals surface area contributed by atoms with Crippen LogP contribution in [0.2, 0.25) is 0 Å². The van der Waals surface area contributed by atoms with Crippen LogP contribution in [-0.2, 0) is 25.5 Å². The first kappa shape index (κ1) is 31.1. The van der Waals surface area contributed by atoms with Crippen LogP contribution in [-0.4, -0.2) is 14.5 Å². The molecule has 0 saturated carbocycles. The number of benzene rings is 5. The molecular weight excluding hydrogens is 739 g/mol. The van der Waals surface area contributed by atoms with Crippen molar-refractivity contribution in [2.75, 3.05) is 0 Å². The third-order valence-corrected chi connectivity index (χ3v) is 8.17. The van der Waals surface area contributed by atoms with Gasteiger partial charge in [-0.25, -0.2) is 0 Å². The van der Waals surface area contributed by atoms with Crippen molar-refractivity contribution in [1.82, 2.24) is 14.5 Å². The van der Waals surface area contributed by atoms with Crippen molar-refractivity contribution in [3.63, 3.8) is 0 Å². The predicted molar refractivity (Wildman–Crippen MR) is 188 cm³/mol. The van der Waals surface area contributed by atoms with Crippen LogP contribution in [0.3, 0.4) is 0 Å². The van der Waals surface area contributed by atoms with Crippen LogP contribution in [0.4, 0.5) is 0 Å². The number of nitrogens with zero attached hydrogens (tertiary/aromatic N) is 3. The van der Waals surface area contributed by atoms with Crippen molar-refractivity contribution in [2.45, 2.75) is 26.2 Å². The zero-order valence-corrected chi connectivity index (χ0v) is 28.4. The Labute approximate surface area is 284 Å². The average molecular weight is 772 g/mol. The van der Waals surface area contributed by atoms with Gasteiger partial charge in [-0.05, 0) is 57.5 Å². The fraction of sp³-hybridized carbons (Fsp3) is 0.0952. The van der Waals surface area contributed by atoms with E-state index in [-0.39, 0.29) is 25.5 Å².